The molecule has 0 unspecified atom stereocenters. The van der Waals surface area contributed by atoms with E-state index < -0.39 is 35.9 Å². The molecule has 3 rings (SSSR count). The van der Waals surface area contributed by atoms with Crippen molar-refractivity contribution < 1.29 is 18.4 Å². The lowest BCUT2D eigenvalue weighted by Gasteiger charge is -2.18. The van der Waals surface area contributed by atoms with Gasteiger partial charge in [0, 0.05) is 28.8 Å². The summed E-state index contributed by atoms with van der Waals surface area (Å²) in [6.45, 7) is -0.320. The van der Waals surface area contributed by atoms with Crippen LogP contribution in [0.2, 0.25) is 5.02 Å². The fourth-order valence-electron chi connectivity index (χ4n) is 2.99. The van der Waals surface area contributed by atoms with Crippen LogP contribution in [0.4, 0.5) is 8.78 Å². The van der Waals surface area contributed by atoms with E-state index in [-0.39, 0.29) is 17.7 Å². The molecular formula is C23H17ClF2N4O2. The molecule has 0 aliphatic heterocycles. The van der Waals surface area contributed by atoms with Crippen molar-refractivity contribution in [2.24, 2.45) is 0 Å². The molecule has 0 bridgehead atoms. The van der Waals surface area contributed by atoms with E-state index in [9.17, 15) is 18.4 Å². The van der Waals surface area contributed by atoms with Crippen LogP contribution in [0.5, 0.6) is 0 Å². The second-order valence-electron chi connectivity index (χ2n) is 6.72. The predicted octanol–water partition coefficient (Wildman–Crippen LogP) is 3.66. The van der Waals surface area contributed by atoms with Crippen LogP contribution in [-0.4, -0.2) is 29.4 Å². The Morgan fingerprint density at radius 1 is 1.06 bits per heavy atom. The summed E-state index contributed by atoms with van der Waals surface area (Å²) in [5, 5.41) is 13.9. The van der Waals surface area contributed by atoms with Gasteiger partial charge < -0.3 is 10.6 Å². The van der Waals surface area contributed by atoms with Gasteiger partial charge in [-0.25, -0.2) is 8.78 Å². The molecule has 0 aliphatic rings. The molecule has 32 heavy (non-hydrogen) atoms. The Kier molecular flexibility index (Phi) is 7.47. The topological polar surface area (TPSA) is 94.9 Å². The highest BCUT2D eigenvalue weighted by Crippen LogP contribution is 2.25. The molecule has 6 nitrogen and oxygen atoms in total. The number of carbonyl (C=O) groups is 2. The Balaban J connectivity index is 1.81. The maximum Gasteiger partial charge on any atom is 0.253 e. The number of amides is 2. The zero-order chi connectivity index (χ0) is 23.1. The van der Waals surface area contributed by atoms with Crippen molar-refractivity contribution >= 4 is 23.4 Å². The van der Waals surface area contributed by atoms with Gasteiger partial charge in [0.15, 0.2) is 0 Å². The number of nitriles is 1. The molecule has 0 radical (unpaired) electrons. The SMILES string of the molecule is N#CCNC(=O)[C@H](Cc1c(F)cccc1F)NC(=O)c1ccc(-c2ccccc2Cl)nc1. The second-order valence-corrected chi connectivity index (χ2v) is 7.13. The monoisotopic (exact) mass is 454 g/mol. The third-order valence-corrected chi connectivity index (χ3v) is 4.94. The molecule has 1 aromatic heterocycles. The van der Waals surface area contributed by atoms with Gasteiger partial charge in [0.1, 0.15) is 24.2 Å². The lowest BCUT2D eigenvalue weighted by Crippen LogP contribution is -2.48. The quantitative estimate of drug-likeness (QED) is 0.533. The molecule has 2 N–H and O–H groups in total. The van der Waals surface area contributed by atoms with Crippen molar-refractivity contribution in [2.45, 2.75) is 12.5 Å². The van der Waals surface area contributed by atoms with Crippen molar-refractivity contribution in [3.63, 3.8) is 0 Å². The average Bonchev–Trinajstić information content (AvgIpc) is 2.79. The lowest BCUT2D eigenvalue weighted by molar-refractivity contribution is -0.122. The number of hydrogen-bond donors (Lipinski definition) is 2. The first kappa shape index (κ1) is 22.8. The minimum Gasteiger partial charge on any atom is -0.341 e. The minimum absolute atomic E-state index is 0.132. The van der Waals surface area contributed by atoms with Crippen LogP contribution in [0.1, 0.15) is 15.9 Å². The van der Waals surface area contributed by atoms with Crippen LogP contribution >= 0.6 is 11.6 Å². The summed E-state index contributed by atoms with van der Waals surface area (Å²) >= 11 is 6.16. The maximum atomic E-state index is 14.1. The van der Waals surface area contributed by atoms with Gasteiger partial charge in [-0.05, 0) is 30.3 Å². The Labute approximate surface area is 187 Å². The van der Waals surface area contributed by atoms with Gasteiger partial charge in [0.2, 0.25) is 5.91 Å². The van der Waals surface area contributed by atoms with Crippen LogP contribution in [0, 0.1) is 23.0 Å². The maximum absolute atomic E-state index is 14.1. The molecule has 0 spiro atoms. The summed E-state index contributed by atoms with van der Waals surface area (Å²) in [7, 11) is 0. The van der Waals surface area contributed by atoms with Crippen molar-refractivity contribution in [1.82, 2.24) is 15.6 Å². The van der Waals surface area contributed by atoms with Crippen LogP contribution in [0.25, 0.3) is 11.3 Å². The van der Waals surface area contributed by atoms with Gasteiger partial charge in [0.25, 0.3) is 5.91 Å². The first-order valence-electron chi connectivity index (χ1n) is 9.50. The van der Waals surface area contributed by atoms with Gasteiger partial charge in [-0.2, -0.15) is 5.26 Å². The molecule has 0 aliphatic carbocycles. The van der Waals surface area contributed by atoms with E-state index in [2.05, 4.69) is 15.6 Å². The number of pyridine rings is 1. The van der Waals surface area contributed by atoms with Crippen molar-refractivity contribution in [3.8, 4) is 17.3 Å². The Hall–Kier alpha value is -3.83. The summed E-state index contributed by atoms with van der Waals surface area (Å²) in [6.07, 6.45) is 0.870. The third kappa shape index (κ3) is 5.45. The molecular weight excluding hydrogens is 438 g/mol. The number of benzene rings is 2. The number of nitrogens with zero attached hydrogens (tertiary/aromatic N) is 2. The lowest BCUT2D eigenvalue weighted by atomic mass is 10.0. The molecule has 1 atom stereocenters. The fourth-order valence-corrected chi connectivity index (χ4v) is 3.22. The van der Waals surface area contributed by atoms with E-state index in [1.165, 1.54) is 18.3 Å². The number of aromatic nitrogens is 1. The van der Waals surface area contributed by atoms with E-state index in [1.807, 2.05) is 0 Å². The van der Waals surface area contributed by atoms with E-state index in [1.54, 1.807) is 36.4 Å². The molecule has 3 aromatic rings. The number of rotatable bonds is 7. The summed E-state index contributed by atoms with van der Waals surface area (Å²) < 4.78 is 28.1. The zero-order valence-corrected chi connectivity index (χ0v) is 17.4. The number of hydrogen-bond acceptors (Lipinski definition) is 4. The Morgan fingerprint density at radius 3 is 2.41 bits per heavy atom. The second kappa shape index (κ2) is 10.5. The van der Waals surface area contributed by atoms with E-state index >= 15 is 0 Å². The van der Waals surface area contributed by atoms with Crippen LogP contribution in [0.15, 0.2) is 60.8 Å². The van der Waals surface area contributed by atoms with Crippen molar-refractivity contribution in [2.75, 3.05) is 6.54 Å². The van der Waals surface area contributed by atoms with Gasteiger partial charge in [-0.15, -0.1) is 0 Å². The molecule has 9 heteroatoms. The van der Waals surface area contributed by atoms with E-state index in [4.69, 9.17) is 16.9 Å². The summed E-state index contributed by atoms with van der Waals surface area (Å²) in [5.74, 6) is -3.11. The Morgan fingerprint density at radius 2 is 1.78 bits per heavy atom. The Bertz CT molecular complexity index is 1160. The van der Waals surface area contributed by atoms with Gasteiger partial charge in [0.05, 0.1) is 17.3 Å². The third-order valence-electron chi connectivity index (χ3n) is 4.61. The largest absolute Gasteiger partial charge is 0.341 e. The highest BCUT2D eigenvalue weighted by molar-refractivity contribution is 6.33. The fraction of sp³-hybridized carbons (Fsp3) is 0.130. The molecule has 2 amide bonds. The van der Waals surface area contributed by atoms with Crippen LogP contribution in [0.3, 0.4) is 0 Å². The van der Waals surface area contributed by atoms with Crippen molar-refractivity contribution in [3.05, 3.63) is 88.6 Å². The zero-order valence-electron chi connectivity index (χ0n) is 16.6. The molecule has 1 heterocycles. The normalized spacial score (nSPS) is 11.3. The first-order valence-corrected chi connectivity index (χ1v) is 9.88. The van der Waals surface area contributed by atoms with Crippen LogP contribution < -0.4 is 10.6 Å². The average molecular weight is 455 g/mol. The number of carbonyl (C=O) groups excluding carboxylic acids is 2. The summed E-state index contributed by atoms with van der Waals surface area (Å²) in [6, 6.07) is 13.9. The predicted molar refractivity (Wildman–Crippen MR) is 115 cm³/mol. The number of halogens is 3. The van der Waals surface area contributed by atoms with Gasteiger partial charge in [-0.1, -0.05) is 35.9 Å². The highest BCUT2D eigenvalue weighted by atomic mass is 35.5. The van der Waals surface area contributed by atoms with Crippen LogP contribution in [-0.2, 0) is 11.2 Å². The highest BCUT2D eigenvalue weighted by Gasteiger charge is 2.25. The van der Waals surface area contributed by atoms with E-state index in [0.717, 1.165) is 12.1 Å². The van der Waals surface area contributed by atoms with E-state index in [0.29, 0.717) is 16.3 Å². The molecule has 2 aromatic carbocycles. The molecule has 162 valence electrons. The summed E-state index contributed by atoms with van der Waals surface area (Å²) in [4.78, 5) is 29.4. The first-order chi connectivity index (χ1) is 15.4. The minimum atomic E-state index is -1.31. The smallest absolute Gasteiger partial charge is 0.253 e. The van der Waals surface area contributed by atoms with Gasteiger partial charge >= 0.3 is 0 Å². The standard InChI is InChI=1S/C23H17ClF2N4O2/c24-17-5-2-1-4-15(17)20-9-8-14(13-29-20)22(31)30-21(23(32)28-11-10-27)12-16-18(25)6-3-7-19(16)26/h1-9,13,21H,11-12H2,(H,28,32)(H,30,31)/t21-/m0/s1. The molecule has 0 fully saturated rings. The van der Waals surface area contributed by atoms with Gasteiger partial charge in [-0.3, -0.25) is 14.6 Å². The molecule has 0 saturated heterocycles. The number of nitrogens with one attached hydrogen (secondary N) is 2. The van der Waals surface area contributed by atoms with Crippen molar-refractivity contribution in [1.29, 1.82) is 5.26 Å². The summed E-state index contributed by atoms with van der Waals surface area (Å²) in [5.41, 5.74) is 1.01. The molecule has 0 saturated carbocycles.